The highest BCUT2D eigenvalue weighted by molar-refractivity contribution is 6.32. The van der Waals surface area contributed by atoms with Crippen molar-refractivity contribution in [3.8, 4) is 11.5 Å². The quantitative estimate of drug-likeness (QED) is 0.914. The van der Waals surface area contributed by atoms with Gasteiger partial charge in [0.15, 0.2) is 0 Å². The standard InChI is InChI=1S/C16H16ClNO/c17-15-6-2-5-13(10-18)16(15)19-14-8-7-11-3-1-4-12(11)9-14/h2,5-9H,1,3-4,10,18H2. The molecule has 0 atom stereocenters. The Kier molecular flexibility index (Phi) is 3.45. The molecule has 2 aromatic rings. The topological polar surface area (TPSA) is 35.2 Å². The van der Waals surface area contributed by atoms with Crippen molar-refractivity contribution in [2.75, 3.05) is 0 Å². The molecule has 0 aliphatic heterocycles. The number of ether oxygens (including phenoxy) is 1. The first kappa shape index (κ1) is 12.5. The third-order valence-corrected chi connectivity index (χ3v) is 3.86. The maximum Gasteiger partial charge on any atom is 0.150 e. The highest BCUT2D eigenvalue weighted by Crippen LogP contribution is 2.34. The lowest BCUT2D eigenvalue weighted by Crippen LogP contribution is -2.00. The zero-order valence-electron chi connectivity index (χ0n) is 10.7. The normalized spacial score (nSPS) is 13.4. The summed E-state index contributed by atoms with van der Waals surface area (Å²) >= 11 is 6.19. The van der Waals surface area contributed by atoms with Gasteiger partial charge in [-0.05, 0) is 48.6 Å². The molecule has 98 valence electrons. The molecule has 19 heavy (non-hydrogen) atoms. The zero-order valence-corrected chi connectivity index (χ0v) is 11.4. The maximum absolute atomic E-state index is 6.19. The monoisotopic (exact) mass is 273 g/mol. The van der Waals surface area contributed by atoms with Crippen molar-refractivity contribution in [1.82, 2.24) is 0 Å². The Morgan fingerprint density at radius 3 is 2.79 bits per heavy atom. The summed E-state index contributed by atoms with van der Waals surface area (Å²) in [5.41, 5.74) is 9.47. The van der Waals surface area contributed by atoms with Crippen LogP contribution < -0.4 is 10.5 Å². The fourth-order valence-corrected chi connectivity index (χ4v) is 2.79. The largest absolute Gasteiger partial charge is 0.455 e. The maximum atomic E-state index is 6.19. The van der Waals surface area contributed by atoms with Crippen molar-refractivity contribution in [3.63, 3.8) is 0 Å². The van der Waals surface area contributed by atoms with Gasteiger partial charge in [-0.2, -0.15) is 0 Å². The van der Waals surface area contributed by atoms with Gasteiger partial charge in [0, 0.05) is 12.1 Å². The summed E-state index contributed by atoms with van der Waals surface area (Å²) in [4.78, 5) is 0. The molecule has 0 spiro atoms. The van der Waals surface area contributed by atoms with E-state index in [0.29, 0.717) is 17.3 Å². The van der Waals surface area contributed by atoms with Crippen LogP contribution in [-0.2, 0) is 19.4 Å². The van der Waals surface area contributed by atoms with Crippen LogP contribution in [0.2, 0.25) is 5.02 Å². The fourth-order valence-electron chi connectivity index (χ4n) is 2.56. The van der Waals surface area contributed by atoms with Gasteiger partial charge in [0.1, 0.15) is 11.5 Å². The predicted molar refractivity (Wildman–Crippen MR) is 77.9 cm³/mol. The molecule has 2 N–H and O–H groups in total. The van der Waals surface area contributed by atoms with E-state index in [1.807, 2.05) is 24.3 Å². The van der Waals surface area contributed by atoms with Gasteiger partial charge in [0.2, 0.25) is 0 Å². The van der Waals surface area contributed by atoms with E-state index in [2.05, 4.69) is 12.1 Å². The smallest absolute Gasteiger partial charge is 0.150 e. The van der Waals surface area contributed by atoms with Crippen LogP contribution >= 0.6 is 11.6 Å². The SMILES string of the molecule is NCc1cccc(Cl)c1Oc1ccc2c(c1)CCC2. The van der Waals surface area contributed by atoms with Gasteiger partial charge in [-0.1, -0.05) is 29.8 Å². The number of aryl methyl sites for hydroxylation is 2. The molecule has 0 heterocycles. The van der Waals surface area contributed by atoms with Gasteiger partial charge in [0.25, 0.3) is 0 Å². The summed E-state index contributed by atoms with van der Waals surface area (Å²) in [6.07, 6.45) is 3.55. The average Bonchev–Trinajstić information content (AvgIpc) is 2.88. The summed E-state index contributed by atoms with van der Waals surface area (Å²) in [5, 5.41) is 0.600. The summed E-state index contributed by atoms with van der Waals surface area (Å²) in [5.74, 6) is 1.51. The molecule has 3 heteroatoms. The Balaban J connectivity index is 1.93. The summed E-state index contributed by atoms with van der Waals surface area (Å²) in [6.45, 7) is 0.417. The number of benzene rings is 2. The molecule has 1 aliphatic rings. The second kappa shape index (κ2) is 5.24. The summed E-state index contributed by atoms with van der Waals surface area (Å²) in [7, 11) is 0. The van der Waals surface area contributed by atoms with Crippen LogP contribution in [0.1, 0.15) is 23.1 Å². The highest BCUT2D eigenvalue weighted by atomic mass is 35.5. The van der Waals surface area contributed by atoms with Crippen LogP contribution in [0, 0.1) is 0 Å². The number of rotatable bonds is 3. The molecule has 0 saturated heterocycles. The number of hydrogen-bond donors (Lipinski definition) is 1. The molecule has 0 saturated carbocycles. The van der Waals surface area contributed by atoms with E-state index in [4.69, 9.17) is 22.1 Å². The predicted octanol–water partition coefficient (Wildman–Crippen LogP) is 4.08. The van der Waals surface area contributed by atoms with Crippen molar-refractivity contribution < 1.29 is 4.74 Å². The van der Waals surface area contributed by atoms with Crippen molar-refractivity contribution in [2.45, 2.75) is 25.8 Å². The Labute approximate surface area is 118 Å². The van der Waals surface area contributed by atoms with Gasteiger partial charge in [-0.15, -0.1) is 0 Å². The van der Waals surface area contributed by atoms with Gasteiger partial charge >= 0.3 is 0 Å². The molecular formula is C16H16ClNO. The number of para-hydroxylation sites is 1. The van der Waals surface area contributed by atoms with Gasteiger partial charge < -0.3 is 10.5 Å². The van der Waals surface area contributed by atoms with E-state index in [1.54, 1.807) is 0 Å². The third-order valence-electron chi connectivity index (χ3n) is 3.56. The molecular weight excluding hydrogens is 258 g/mol. The number of hydrogen-bond acceptors (Lipinski definition) is 2. The van der Waals surface area contributed by atoms with Crippen molar-refractivity contribution >= 4 is 11.6 Å². The van der Waals surface area contributed by atoms with Crippen LogP contribution in [0.15, 0.2) is 36.4 Å². The van der Waals surface area contributed by atoms with Crippen molar-refractivity contribution in [1.29, 1.82) is 0 Å². The Morgan fingerprint density at radius 2 is 1.95 bits per heavy atom. The van der Waals surface area contributed by atoms with Crippen molar-refractivity contribution in [2.24, 2.45) is 5.73 Å². The lowest BCUT2D eigenvalue weighted by Gasteiger charge is -2.12. The molecule has 0 bridgehead atoms. The molecule has 0 aromatic heterocycles. The Hall–Kier alpha value is -1.51. The van der Waals surface area contributed by atoms with Gasteiger partial charge in [-0.25, -0.2) is 0 Å². The highest BCUT2D eigenvalue weighted by Gasteiger charge is 2.13. The van der Waals surface area contributed by atoms with Crippen LogP contribution in [0.4, 0.5) is 0 Å². The number of halogens is 1. The Bertz CT molecular complexity index is 610. The van der Waals surface area contributed by atoms with E-state index < -0.39 is 0 Å². The van der Waals surface area contributed by atoms with Crippen LogP contribution in [0.25, 0.3) is 0 Å². The molecule has 0 amide bonds. The first-order chi connectivity index (χ1) is 9.28. The molecule has 0 radical (unpaired) electrons. The molecule has 2 nitrogen and oxygen atoms in total. The fraction of sp³-hybridized carbons (Fsp3) is 0.250. The van der Waals surface area contributed by atoms with Crippen LogP contribution in [0.5, 0.6) is 11.5 Å². The lowest BCUT2D eigenvalue weighted by atomic mass is 10.1. The zero-order chi connectivity index (χ0) is 13.2. The second-order valence-electron chi connectivity index (χ2n) is 4.82. The van der Waals surface area contributed by atoms with E-state index in [0.717, 1.165) is 17.7 Å². The van der Waals surface area contributed by atoms with E-state index in [-0.39, 0.29) is 0 Å². The second-order valence-corrected chi connectivity index (χ2v) is 5.23. The molecule has 0 unspecified atom stereocenters. The van der Waals surface area contributed by atoms with E-state index >= 15 is 0 Å². The summed E-state index contributed by atoms with van der Waals surface area (Å²) < 4.78 is 5.94. The minimum atomic E-state index is 0.417. The van der Waals surface area contributed by atoms with Crippen LogP contribution in [0.3, 0.4) is 0 Å². The molecule has 3 rings (SSSR count). The van der Waals surface area contributed by atoms with Crippen molar-refractivity contribution in [3.05, 3.63) is 58.1 Å². The third kappa shape index (κ3) is 2.46. The molecule has 2 aromatic carbocycles. The van der Waals surface area contributed by atoms with E-state index in [1.165, 1.54) is 24.0 Å². The van der Waals surface area contributed by atoms with Crippen LogP contribution in [-0.4, -0.2) is 0 Å². The Morgan fingerprint density at radius 1 is 1.11 bits per heavy atom. The lowest BCUT2D eigenvalue weighted by molar-refractivity contribution is 0.476. The molecule has 1 aliphatic carbocycles. The minimum absolute atomic E-state index is 0.417. The van der Waals surface area contributed by atoms with E-state index in [9.17, 15) is 0 Å². The molecule has 0 fully saturated rings. The van der Waals surface area contributed by atoms with Gasteiger partial charge in [0.05, 0.1) is 5.02 Å². The number of fused-ring (bicyclic) bond motifs is 1. The minimum Gasteiger partial charge on any atom is -0.455 e. The number of nitrogens with two attached hydrogens (primary N) is 1. The average molecular weight is 274 g/mol. The first-order valence-electron chi connectivity index (χ1n) is 6.55. The summed E-state index contributed by atoms with van der Waals surface area (Å²) in [6, 6.07) is 11.9. The first-order valence-corrected chi connectivity index (χ1v) is 6.93. The van der Waals surface area contributed by atoms with Gasteiger partial charge in [-0.3, -0.25) is 0 Å².